The number of carbonyl (C=O) groups is 1. The zero-order chi connectivity index (χ0) is 28.4. The van der Waals surface area contributed by atoms with E-state index in [0.29, 0.717) is 17.9 Å². The normalized spacial score (nSPS) is 23.6. The molecule has 0 unspecified atom stereocenters. The number of allylic oxidation sites excluding steroid dienone is 2. The summed E-state index contributed by atoms with van der Waals surface area (Å²) in [6.07, 6.45) is 6.09. The summed E-state index contributed by atoms with van der Waals surface area (Å²) in [7, 11) is 1.59. The zero-order valence-corrected chi connectivity index (χ0v) is 23.9. The van der Waals surface area contributed by atoms with E-state index in [4.69, 9.17) is 9.47 Å². The first-order valence-electron chi connectivity index (χ1n) is 14.2. The lowest BCUT2D eigenvalue weighted by Gasteiger charge is -2.25. The Bertz CT molecular complexity index is 1550. The summed E-state index contributed by atoms with van der Waals surface area (Å²) >= 11 is 0. The van der Waals surface area contributed by atoms with Crippen molar-refractivity contribution in [3.8, 4) is 22.6 Å². The van der Waals surface area contributed by atoms with Gasteiger partial charge in [0.05, 0.1) is 13.0 Å². The predicted octanol–water partition coefficient (Wildman–Crippen LogP) is 8.21. The summed E-state index contributed by atoms with van der Waals surface area (Å²) in [5.41, 5.74) is 6.36. The molecule has 5 heteroatoms. The molecule has 0 aromatic heterocycles. The highest BCUT2D eigenvalue weighted by atomic mass is 19.1. The van der Waals surface area contributed by atoms with Gasteiger partial charge in [0, 0.05) is 11.0 Å². The maximum Gasteiger partial charge on any atom is 0.308 e. The van der Waals surface area contributed by atoms with Crippen LogP contribution < -0.4 is 9.47 Å². The van der Waals surface area contributed by atoms with E-state index in [-0.39, 0.29) is 28.0 Å². The number of hydrogen-bond donors (Lipinski definition) is 1. The summed E-state index contributed by atoms with van der Waals surface area (Å²) in [4.78, 5) is 12.1. The molecule has 2 atom stereocenters. The third-order valence-electron chi connectivity index (χ3n) is 9.97. The fourth-order valence-corrected chi connectivity index (χ4v) is 7.69. The van der Waals surface area contributed by atoms with Crippen molar-refractivity contribution in [1.82, 2.24) is 0 Å². The van der Waals surface area contributed by atoms with Crippen LogP contribution in [0.2, 0.25) is 0 Å². The number of carboxylic acids is 1. The molecule has 0 aliphatic heterocycles. The molecule has 1 saturated carbocycles. The van der Waals surface area contributed by atoms with E-state index in [1.165, 1.54) is 17.2 Å². The Hall–Kier alpha value is -3.60. The highest BCUT2D eigenvalue weighted by Gasteiger charge is 2.76. The SMILES string of the molecule is COc1ccc(F)c(-c2ccc(COc3ccc4c(c3)[C@@]3(CC4)[C@@H](C(=O)O)C3(C)C)cc2C2=CCCC2(C)C)c1. The van der Waals surface area contributed by atoms with Gasteiger partial charge in [-0.1, -0.05) is 52.0 Å². The number of benzene rings is 3. The summed E-state index contributed by atoms with van der Waals surface area (Å²) in [6.45, 7) is 8.98. The Morgan fingerprint density at radius 2 is 1.73 bits per heavy atom. The highest BCUT2D eigenvalue weighted by Crippen LogP contribution is 2.74. The first-order valence-corrected chi connectivity index (χ1v) is 14.2. The maximum absolute atomic E-state index is 15.1. The lowest BCUT2D eigenvalue weighted by atomic mass is 9.79. The van der Waals surface area contributed by atoms with Gasteiger partial charge < -0.3 is 14.6 Å². The van der Waals surface area contributed by atoms with E-state index in [1.807, 2.05) is 18.2 Å². The molecule has 3 aromatic carbocycles. The Kier molecular flexibility index (Phi) is 6.14. The van der Waals surface area contributed by atoms with Crippen LogP contribution in [0, 0.1) is 22.6 Å². The van der Waals surface area contributed by atoms with Crippen LogP contribution in [0.4, 0.5) is 4.39 Å². The summed E-state index contributed by atoms with van der Waals surface area (Å²) in [5, 5.41) is 9.90. The van der Waals surface area contributed by atoms with Gasteiger partial charge in [0.1, 0.15) is 23.9 Å². The van der Waals surface area contributed by atoms with E-state index in [9.17, 15) is 9.90 Å². The minimum atomic E-state index is -0.714. The van der Waals surface area contributed by atoms with Crippen molar-refractivity contribution in [2.24, 2.45) is 16.7 Å². The molecule has 3 aliphatic rings. The second kappa shape index (κ2) is 9.22. The first-order chi connectivity index (χ1) is 19.0. The summed E-state index contributed by atoms with van der Waals surface area (Å²) < 4.78 is 26.8. The molecular weight excluding hydrogens is 503 g/mol. The molecule has 0 amide bonds. The Morgan fingerprint density at radius 1 is 0.950 bits per heavy atom. The van der Waals surface area contributed by atoms with E-state index in [2.05, 4.69) is 52.0 Å². The topological polar surface area (TPSA) is 55.8 Å². The fourth-order valence-electron chi connectivity index (χ4n) is 7.69. The number of hydrogen-bond acceptors (Lipinski definition) is 3. The molecule has 0 heterocycles. The minimum Gasteiger partial charge on any atom is -0.497 e. The molecule has 3 aliphatic carbocycles. The van der Waals surface area contributed by atoms with Gasteiger partial charge in [0.25, 0.3) is 0 Å². The Labute approximate surface area is 235 Å². The average Bonchev–Trinajstić information content (AvgIpc) is 3.16. The van der Waals surface area contributed by atoms with Gasteiger partial charge in [0.2, 0.25) is 0 Å². The van der Waals surface area contributed by atoms with Gasteiger partial charge in [-0.05, 0) is 106 Å². The van der Waals surface area contributed by atoms with Crippen LogP contribution in [0.15, 0.2) is 60.7 Å². The van der Waals surface area contributed by atoms with Crippen LogP contribution in [-0.4, -0.2) is 18.2 Å². The lowest BCUT2D eigenvalue weighted by molar-refractivity contribution is -0.139. The number of methoxy groups -OCH3 is 1. The number of aliphatic carboxylic acids is 1. The lowest BCUT2D eigenvalue weighted by Crippen LogP contribution is -2.13. The molecule has 6 rings (SSSR count). The zero-order valence-electron chi connectivity index (χ0n) is 23.9. The third kappa shape index (κ3) is 3.96. The fraction of sp³-hybridized carbons (Fsp3) is 0.400. The molecule has 1 fully saturated rings. The van der Waals surface area contributed by atoms with Crippen molar-refractivity contribution in [1.29, 1.82) is 0 Å². The van der Waals surface area contributed by atoms with Crippen LogP contribution in [0.5, 0.6) is 11.5 Å². The molecule has 3 aromatic rings. The van der Waals surface area contributed by atoms with Crippen molar-refractivity contribution in [2.75, 3.05) is 7.11 Å². The number of halogens is 1. The molecule has 1 N–H and O–H groups in total. The molecule has 1 spiro atoms. The van der Waals surface area contributed by atoms with Crippen LogP contribution >= 0.6 is 0 Å². The van der Waals surface area contributed by atoms with E-state index >= 15 is 4.39 Å². The average molecular weight is 541 g/mol. The second-order valence-electron chi connectivity index (χ2n) is 12.8. The van der Waals surface area contributed by atoms with Crippen LogP contribution in [0.1, 0.15) is 69.2 Å². The number of ether oxygens (including phenoxy) is 2. The van der Waals surface area contributed by atoms with Gasteiger partial charge >= 0.3 is 5.97 Å². The number of carboxylic acid groups (broad SMARTS) is 1. The van der Waals surface area contributed by atoms with Gasteiger partial charge in [-0.25, -0.2) is 4.39 Å². The highest BCUT2D eigenvalue weighted by molar-refractivity contribution is 5.85. The smallest absolute Gasteiger partial charge is 0.308 e. The van der Waals surface area contributed by atoms with Crippen LogP contribution in [0.3, 0.4) is 0 Å². The summed E-state index contributed by atoms with van der Waals surface area (Å²) in [5.74, 6) is 0.00163. The monoisotopic (exact) mass is 540 g/mol. The van der Waals surface area contributed by atoms with Crippen molar-refractivity contribution in [3.05, 3.63) is 88.7 Å². The Morgan fingerprint density at radius 3 is 2.40 bits per heavy atom. The van der Waals surface area contributed by atoms with Crippen molar-refractivity contribution in [2.45, 2.75) is 65.4 Å². The molecule has 0 radical (unpaired) electrons. The Balaban J connectivity index is 1.32. The second-order valence-corrected chi connectivity index (χ2v) is 12.8. The van der Waals surface area contributed by atoms with E-state index < -0.39 is 5.97 Å². The number of fused-ring (bicyclic) bond motifs is 2. The first kappa shape index (κ1) is 26.6. The molecule has 40 heavy (non-hydrogen) atoms. The predicted molar refractivity (Wildman–Crippen MR) is 155 cm³/mol. The minimum absolute atomic E-state index is 0.0182. The van der Waals surface area contributed by atoms with Crippen LogP contribution in [0.25, 0.3) is 16.7 Å². The molecule has 0 saturated heterocycles. The van der Waals surface area contributed by atoms with E-state index in [1.54, 1.807) is 19.2 Å². The van der Waals surface area contributed by atoms with Gasteiger partial charge in [0.15, 0.2) is 0 Å². The van der Waals surface area contributed by atoms with Crippen LogP contribution in [-0.2, 0) is 23.2 Å². The number of aryl methyl sites for hydroxylation is 1. The molecule has 4 nitrogen and oxygen atoms in total. The van der Waals surface area contributed by atoms with Gasteiger partial charge in [-0.3, -0.25) is 4.79 Å². The molecule has 208 valence electrons. The summed E-state index contributed by atoms with van der Waals surface area (Å²) in [6, 6.07) is 17.1. The van der Waals surface area contributed by atoms with Gasteiger partial charge in [-0.15, -0.1) is 0 Å². The standard InChI is InChI=1S/C35H37FO4/c1-33(2)15-6-7-28(33)26-17-21(8-12-25(26)27-18-23(39-5)11-13-30(27)36)20-40-24-10-9-22-14-16-35(29(22)19-24)31(32(37)38)34(35,3)4/h7-13,17-19,31H,6,14-16,20H2,1-5H3,(H,37,38)/t31-,35-/m0/s1. The van der Waals surface area contributed by atoms with Crippen molar-refractivity contribution < 1.29 is 23.8 Å². The number of rotatable bonds is 7. The van der Waals surface area contributed by atoms with Gasteiger partial charge in [-0.2, -0.15) is 0 Å². The largest absolute Gasteiger partial charge is 0.497 e. The quantitative estimate of drug-likeness (QED) is 0.328. The molecule has 0 bridgehead atoms. The maximum atomic E-state index is 15.1. The third-order valence-corrected chi connectivity index (χ3v) is 9.97. The van der Waals surface area contributed by atoms with E-state index in [0.717, 1.165) is 53.7 Å². The van der Waals surface area contributed by atoms with Crippen molar-refractivity contribution >= 4 is 11.5 Å². The molecular formula is C35H37FO4. The van der Waals surface area contributed by atoms with Crippen molar-refractivity contribution in [3.63, 3.8) is 0 Å².